The first-order valence-electron chi connectivity index (χ1n) is 24.7. The molecule has 0 bridgehead atoms. The van der Waals surface area contributed by atoms with E-state index in [1.807, 2.05) is 97.2 Å². The number of ether oxygens (including phenoxy) is 1. The molecule has 0 amide bonds. The van der Waals surface area contributed by atoms with E-state index < -0.39 is 6.85 Å². The Bertz CT molecular complexity index is 3820. The third-order valence-corrected chi connectivity index (χ3v) is 13.3. The molecule has 0 unspecified atom stereocenters. The van der Waals surface area contributed by atoms with Gasteiger partial charge in [0, 0.05) is 64.8 Å². The monoisotopic (exact) mass is 1080 g/mol. The van der Waals surface area contributed by atoms with Gasteiger partial charge < -0.3 is 23.5 Å². The Hall–Kier alpha value is -7.40. The first-order valence-corrected chi connectivity index (χ1v) is 23.2. The van der Waals surface area contributed by atoms with E-state index in [1.54, 1.807) is 6.07 Å². The van der Waals surface area contributed by atoms with Gasteiger partial charge >= 0.3 is 0 Å². The molecule has 7 heteroatoms. The van der Waals surface area contributed by atoms with Gasteiger partial charge in [0.15, 0.2) is 0 Å². The summed E-state index contributed by atoms with van der Waals surface area (Å²) in [6, 6.07) is 67.0. The molecule has 0 N–H and O–H groups in total. The van der Waals surface area contributed by atoms with Gasteiger partial charge in [-0.25, -0.2) is 4.98 Å². The molecule has 0 saturated carbocycles. The fraction of sp³-hybridized carbons (Fsp3) is 0.129. The second kappa shape index (κ2) is 17.9. The summed E-state index contributed by atoms with van der Waals surface area (Å²) in [5.74, 6) is 1.43. The molecule has 0 saturated heterocycles. The van der Waals surface area contributed by atoms with Gasteiger partial charge in [0.2, 0.25) is 0 Å². The Kier molecular flexibility index (Phi) is 10.6. The third kappa shape index (κ3) is 8.17. The Balaban J connectivity index is 0.00000560. The molecule has 12 rings (SSSR count). The first kappa shape index (κ1) is 40.6. The molecule has 6 nitrogen and oxygen atoms in total. The maximum atomic E-state index is 8.41. The first-order chi connectivity index (χ1) is 34.4. The van der Waals surface area contributed by atoms with Crippen molar-refractivity contribution in [1.82, 2.24) is 9.55 Å². The Labute approximate surface area is 421 Å². The standard InChI is InChI=1S/C62H49N4O2.Pt/c1-41-14-12-20-50(43-16-6-5-7-17-43)49(41)31-33-64-40-65(57-22-10-9-21-56(57)64)47-18-13-15-42(34-47)39-67-48-26-28-51-54-35-44(45-24-27-53-52-19-8-11-23-59(52)68-60(53)36-45)25-29-55(54)66(58(51)38-48)61-37-46(30-32-63-61)62(2,3)4;/h5-30,32,35-37,40H,31,33,39H2,1-4H3;/q-3;/i1D3;. The predicted molar refractivity (Wildman–Crippen MR) is 279 cm³/mol. The topological polar surface area (TPSA) is 46.7 Å². The molecule has 1 aliphatic rings. The van der Waals surface area contributed by atoms with Crippen molar-refractivity contribution in [3.63, 3.8) is 0 Å². The normalized spacial score (nSPS) is 13.4. The minimum absolute atomic E-state index is 0. The number of furan rings is 1. The van der Waals surface area contributed by atoms with Gasteiger partial charge in [0.25, 0.3) is 0 Å². The van der Waals surface area contributed by atoms with Crippen LogP contribution < -0.4 is 14.5 Å². The van der Waals surface area contributed by atoms with Gasteiger partial charge in [0.05, 0.1) is 6.61 Å². The van der Waals surface area contributed by atoms with Crippen LogP contribution in [0.25, 0.3) is 71.8 Å². The summed E-state index contributed by atoms with van der Waals surface area (Å²) in [6.07, 6.45) is 2.43. The van der Waals surface area contributed by atoms with Crippen molar-refractivity contribution in [1.29, 1.82) is 0 Å². The van der Waals surface area contributed by atoms with E-state index >= 15 is 0 Å². The number of anilines is 3. The number of benzene rings is 8. The van der Waals surface area contributed by atoms with Crippen LogP contribution in [0.1, 0.15) is 47.1 Å². The molecule has 0 aliphatic carbocycles. The van der Waals surface area contributed by atoms with Crippen molar-refractivity contribution >= 4 is 60.8 Å². The smallest absolute Gasteiger partial charge is 0.136 e. The molecular formula is C62H49N4O2Pt-3. The van der Waals surface area contributed by atoms with Crippen molar-refractivity contribution in [3.8, 4) is 33.8 Å². The van der Waals surface area contributed by atoms with Gasteiger partial charge in [0.1, 0.15) is 17.0 Å². The van der Waals surface area contributed by atoms with Crippen molar-refractivity contribution in [2.75, 3.05) is 16.3 Å². The quantitative estimate of drug-likeness (QED) is 0.128. The van der Waals surface area contributed by atoms with Crippen molar-refractivity contribution in [2.24, 2.45) is 0 Å². The molecule has 0 radical (unpaired) electrons. The molecule has 0 spiro atoms. The minimum atomic E-state index is -2.24. The zero-order valence-electron chi connectivity index (χ0n) is 41.4. The van der Waals surface area contributed by atoms with Crippen molar-refractivity contribution in [2.45, 2.75) is 46.1 Å². The largest absolute Gasteiger partial charge is 0.517 e. The zero-order valence-corrected chi connectivity index (χ0v) is 40.7. The fourth-order valence-corrected chi connectivity index (χ4v) is 9.74. The molecule has 69 heavy (non-hydrogen) atoms. The van der Waals surface area contributed by atoms with Crippen LogP contribution in [-0.2, 0) is 39.5 Å². The Morgan fingerprint density at radius 3 is 2.30 bits per heavy atom. The van der Waals surface area contributed by atoms with E-state index in [9.17, 15) is 0 Å². The number of rotatable bonds is 10. The Morgan fingerprint density at radius 1 is 0.667 bits per heavy atom. The minimum Gasteiger partial charge on any atom is -0.517 e. The van der Waals surface area contributed by atoms with Crippen LogP contribution in [0.5, 0.6) is 5.75 Å². The van der Waals surface area contributed by atoms with Crippen LogP contribution in [0.3, 0.4) is 0 Å². The molecule has 11 aromatic rings. The number of nitrogens with zero attached hydrogens (tertiary/aromatic N) is 4. The van der Waals surface area contributed by atoms with Crippen molar-refractivity contribution < 1.29 is 34.3 Å². The van der Waals surface area contributed by atoms with Crippen LogP contribution in [0, 0.1) is 25.7 Å². The summed E-state index contributed by atoms with van der Waals surface area (Å²) in [7, 11) is 0. The third-order valence-electron chi connectivity index (χ3n) is 13.3. The summed E-state index contributed by atoms with van der Waals surface area (Å²) in [6.45, 7) is 7.35. The van der Waals surface area contributed by atoms with E-state index in [-0.39, 0.29) is 33.1 Å². The average molecular weight is 1080 g/mol. The predicted octanol–water partition coefficient (Wildman–Crippen LogP) is 15.5. The summed E-state index contributed by atoms with van der Waals surface area (Å²) in [5.41, 5.74) is 13.9. The number of para-hydroxylation sites is 3. The second-order valence-corrected chi connectivity index (χ2v) is 18.6. The summed E-state index contributed by atoms with van der Waals surface area (Å²) >= 11 is 0. The summed E-state index contributed by atoms with van der Waals surface area (Å²) < 4.78 is 40.3. The number of aromatic nitrogens is 2. The summed E-state index contributed by atoms with van der Waals surface area (Å²) in [4.78, 5) is 9.28. The molecule has 0 fully saturated rings. The number of fused-ring (bicyclic) bond motifs is 7. The molecule has 4 heterocycles. The number of aryl methyl sites for hydroxylation is 1. The van der Waals surface area contributed by atoms with Crippen LogP contribution >= 0.6 is 0 Å². The fourth-order valence-electron chi connectivity index (χ4n) is 9.74. The van der Waals surface area contributed by atoms with E-state index in [4.69, 9.17) is 18.3 Å². The van der Waals surface area contributed by atoms with Gasteiger partial charge in [-0.2, -0.15) is 37.0 Å². The molecule has 1 aliphatic heterocycles. The van der Waals surface area contributed by atoms with Crippen LogP contribution in [0.4, 0.5) is 17.1 Å². The maximum Gasteiger partial charge on any atom is 0.136 e. The number of hydrogen-bond acceptors (Lipinski definition) is 5. The maximum absolute atomic E-state index is 8.41. The molecule has 0 atom stereocenters. The van der Waals surface area contributed by atoms with Crippen LogP contribution in [0.15, 0.2) is 187 Å². The number of pyridine rings is 1. The van der Waals surface area contributed by atoms with Gasteiger partial charge in [-0.15, -0.1) is 28.8 Å². The molecule has 342 valence electrons. The van der Waals surface area contributed by atoms with Gasteiger partial charge in [-0.3, -0.25) is 0 Å². The SMILES string of the molecule is [2H]C([2H])([2H])c1cccc(-c2ccccc2)c1CCN1[CH-]N(c2[c-]c(COc3[c-]c4c(cc3)c3cc(-c5ccc6c(c5)oc5ccccc56)ccc3n4-c3cc(C(C)(C)C)ccn3)ccc2)c2ccccc21.[Pt]. The van der Waals surface area contributed by atoms with E-state index in [1.165, 1.54) is 5.56 Å². The number of hydrogen-bond donors (Lipinski definition) is 0. The van der Waals surface area contributed by atoms with Gasteiger partial charge in [-0.1, -0.05) is 123 Å². The molecule has 3 aromatic heterocycles. The van der Waals surface area contributed by atoms with Crippen LogP contribution in [0.2, 0.25) is 0 Å². The van der Waals surface area contributed by atoms with E-state index in [0.29, 0.717) is 24.3 Å². The molecule has 8 aromatic carbocycles. The van der Waals surface area contributed by atoms with Crippen LogP contribution in [-0.4, -0.2) is 16.1 Å². The average Bonchev–Trinajstić information content (AvgIpc) is 4.06. The van der Waals surface area contributed by atoms with Gasteiger partial charge in [-0.05, 0) is 118 Å². The summed E-state index contributed by atoms with van der Waals surface area (Å²) in [5, 5.41) is 4.35. The van der Waals surface area contributed by atoms with E-state index in [0.717, 1.165) is 100 Å². The Morgan fingerprint density at radius 2 is 1.43 bits per heavy atom. The molecular weight excluding hydrogens is 1030 g/mol. The van der Waals surface area contributed by atoms with E-state index in [2.05, 4.69) is 133 Å². The van der Waals surface area contributed by atoms with Crippen molar-refractivity contribution in [3.05, 3.63) is 223 Å². The zero-order chi connectivity index (χ0) is 48.4. The second-order valence-electron chi connectivity index (χ2n) is 18.6.